The first-order valence-electron chi connectivity index (χ1n) is 20.4. The number of hydrogen-bond donors (Lipinski definition) is 6. The number of aliphatic hydroxyl groups is 4. The van der Waals surface area contributed by atoms with Crippen LogP contribution in [0.1, 0.15) is 54.1 Å². The largest absolute Gasteiger partial charge is 0.394 e. The van der Waals surface area contributed by atoms with Crippen LogP contribution in [-0.4, -0.2) is 141 Å². The molecule has 0 spiro atoms. The average Bonchev–Trinajstić information content (AvgIpc) is 4.14. The van der Waals surface area contributed by atoms with Gasteiger partial charge in [-0.25, -0.2) is 29.9 Å². The lowest BCUT2D eigenvalue weighted by Gasteiger charge is -2.24. The van der Waals surface area contributed by atoms with Gasteiger partial charge in [0.05, 0.1) is 38.1 Å². The van der Waals surface area contributed by atoms with Crippen LogP contribution in [0, 0.1) is 0 Å². The first-order chi connectivity index (χ1) is 29.4. The zero-order valence-corrected chi connectivity index (χ0v) is 32.6. The monoisotopic (exact) mass is 818 g/mol. The molecule has 4 saturated heterocycles. The van der Waals surface area contributed by atoms with E-state index < -0.39 is 36.9 Å². The van der Waals surface area contributed by atoms with Gasteiger partial charge in [-0.2, -0.15) is 0 Å². The van der Waals surface area contributed by atoms with Crippen LogP contribution in [0.25, 0.3) is 22.3 Å². The van der Waals surface area contributed by atoms with Crippen LogP contribution < -0.4 is 20.4 Å². The number of para-hydroxylation sites is 2. The number of anilines is 4. The third-order valence-corrected chi connectivity index (χ3v) is 12.0. The third-order valence-electron chi connectivity index (χ3n) is 12.0. The molecule has 312 valence electrons. The summed E-state index contributed by atoms with van der Waals surface area (Å²) in [6, 6.07) is 15.5. The Morgan fingerprint density at radius 3 is 1.53 bits per heavy atom. The van der Waals surface area contributed by atoms with Gasteiger partial charge in [0.15, 0.2) is 52.2 Å². The molecule has 4 aromatic heterocycles. The highest BCUT2D eigenvalue weighted by atomic mass is 16.5. The second kappa shape index (κ2) is 16.0. The van der Waals surface area contributed by atoms with Gasteiger partial charge < -0.3 is 50.3 Å². The fraction of sp³-hybridized carbons (Fsp3) is 0.439. The molecule has 4 aliphatic heterocycles. The first-order valence-corrected chi connectivity index (χ1v) is 20.4. The van der Waals surface area contributed by atoms with E-state index in [9.17, 15) is 25.2 Å². The van der Waals surface area contributed by atoms with E-state index in [1.165, 1.54) is 12.7 Å². The smallest absolute Gasteiger partial charge is 0.197 e. The minimum atomic E-state index is -0.800. The van der Waals surface area contributed by atoms with Crippen LogP contribution in [0.2, 0.25) is 0 Å². The van der Waals surface area contributed by atoms with Gasteiger partial charge in [0.25, 0.3) is 0 Å². The number of aromatic nitrogens is 8. The number of imidazole rings is 2. The van der Waals surface area contributed by atoms with E-state index in [0.717, 1.165) is 37.3 Å². The van der Waals surface area contributed by atoms with Crippen LogP contribution in [0.5, 0.6) is 0 Å². The normalized spacial score (nSPS) is 26.8. The molecule has 60 heavy (non-hydrogen) atoms. The average molecular weight is 819 g/mol. The van der Waals surface area contributed by atoms with E-state index in [2.05, 4.69) is 50.3 Å². The molecule has 2 aromatic carbocycles. The Balaban J connectivity index is 0.825. The molecule has 6 N–H and O–H groups in total. The Morgan fingerprint density at radius 2 is 1.10 bits per heavy atom. The van der Waals surface area contributed by atoms with E-state index in [-0.39, 0.29) is 31.1 Å². The Morgan fingerprint density at radius 1 is 0.650 bits per heavy atom. The highest BCUT2D eigenvalue weighted by Crippen LogP contribution is 2.36. The summed E-state index contributed by atoms with van der Waals surface area (Å²) in [6.07, 6.45) is 4.41. The summed E-state index contributed by atoms with van der Waals surface area (Å²) in [7, 11) is 0. The summed E-state index contributed by atoms with van der Waals surface area (Å²) in [5.41, 5.74) is 5.12. The van der Waals surface area contributed by atoms with Gasteiger partial charge in [-0.15, -0.1) is 0 Å². The maximum Gasteiger partial charge on any atom is 0.197 e. The van der Waals surface area contributed by atoms with Gasteiger partial charge >= 0.3 is 0 Å². The minimum absolute atomic E-state index is 0.0101. The summed E-state index contributed by atoms with van der Waals surface area (Å²) < 4.78 is 15.1. The van der Waals surface area contributed by atoms with Crippen molar-refractivity contribution in [3.8, 4) is 0 Å². The SMILES string of the molecule is O=C(c1ccccc1N1CC[C@@H](Nc2ncnc3c2ncn3[C@@H]2O[C@H](CO)C[C@H]2O)C1)c1ccccc1N1CC[C@@H](Nc2ncnc3c2ncn3[C@@H]2O[C@H](CO)C[C@H]2O)C1. The van der Waals surface area contributed by atoms with Crippen LogP contribution in [-0.2, 0) is 9.47 Å². The standard InChI is InChI=1S/C41H46N12O7/c54-17-25-13-31(56)40(59-25)52-21-46-33-36(42-19-44-38(33)52)48-23-9-11-50(15-23)29-7-3-1-5-27(29)35(58)28-6-2-4-8-30(28)51-12-10-24(16-51)49-37-34-39(45-20-43-37)53(22-47-34)41-32(57)14-26(18-55)60-41/h1-8,19-26,31-32,40-41,54-57H,9-18H2,(H,42,44,48)(H,43,45,49)/t23-,24-,25+,26+,31-,32-,40-,41-/m1/s1. The van der Waals surface area contributed by atoms with Crippen LogP contribution in [0.3, 0.4) is 0 Å². The molecule has 0 amide bonds. The summed E-state index contributed by atoms with van der Waals surface area (Å²) in [4.78, 5) is 46.0. The highest BCUT2D eigenvalue weighted by Gasteiger charge is 2.38. The number of benzene rings is 2. The number of fused-ring (bicyclic) bond motifs is 2. The number of ketones is 1. The quantitative estimate of drug-likeness (QED) is 0.0968. The predicted octanol–water partition coefficient (Wildman–Crippen LogP) is 1.86. The lowest BCUT2D eigenvalue weighted by atomic mass is 9.99. The Kier molecular flexibility index (Phi) is 10.2. The summed E-state index contributed by atoms with van der Waals surface area (Å²) in [6.45, 7) is 2.35. The Bertz CT molecular complexity index is 2350. The number of nitrogens with one attached hydrogen (secondary N) is 2. The van der Waals surface area contributed by atoms with Crippen LogP contribution in [0.15, 0.2) is 73.8 Å². The van der Waals surface area contributed by atoms with Crippen molar-refractivity contribution in [2.24, 2.45) is 0 Å². The second-order valence-electron chi connectivity index (χ2n) is 15.9. The second-order valence-corrected chi connectivity index (χ2v) is 15.9. The predicted molar refractivity (Wildman–Crippen MR) is 219 cm³/mol. The topological polar surface area (TPSA) is 234 Å². The van der Waals surface area contributed by atoms with Gasteiger partial charge in [0.1, 0.15) is 24.9 Å². The van der Waals surface area contributed by atoms with Crippen molar-refractivity contribution in [3.63, 3.8) is 0 Å². The molecule has 0 aliphatic carbocycles. The van der Waals surface area contributed by atoms with Crippen molar-refractivity contribution in [2.45, 2.75) is 74.6 Å². The summed E-state index contributed by atoms with van der Waals surface area (Å²) in [5, 5.41) is 47.4. The molecule has 10 rings (SSSR count). The number of aliphatic hydroxyl groups excluding tert-OH is 4. The van der Waals surface area contributed by atoms with E-state index in [1.807, 2.05) is 48.5 Å². The van der Waals surface area contributed by atoms with Gasteiger partial charge in [-0.3, -0.25) is 13.9 Å². The summed E-state index contributed by atoms with van der Waals surface area (Å²) in [5.74, 6) is 1.09. The lowest BCUT2D eigenvalue weighted by molar-refractivity contribution is -0.0486. The van der Waals surface area contributed by atoms with E-state index >= 15 is 0 Å². The number of ether oxygens (including phenoxy) is 2. The lowest BCUT2D eigenvalue weighted by Crippen LogP contribution is -2.29. The molecule has 4 fully saturated rings. The highest BCUT2D eigenvalue weighted by molar-refractivity contribution is 6.15. The number of nitrogens with zero attached hydrogens (tertiary/aromatic N) is 10. The number of hydrogen-bond acceptors (Lipinski definition) is 17. The molecule has 0 saturated carbocycles. The third kappa shape index (κ3) is 6.95. The number of rotatable bonds is 12. The van der Waals surface area contributed by atoms with Crippen molar-refractivity contribution in [2.75, 3.05) is 59.8 Å². The van der Waals surface area contributed by atoms with Gasteiger partial charge in [-0.1, -0.05) is 24.3 Å². The van der Waals surface area contributed by atoms with Crippen molar-refractivity contribution in [3.05, 3.63) is 85.0 Å². The van der Waals surface area contributed by atoms with E-state index in [0.29, 0.717) is 71.0 Å². The molecule has 0 unspecified atom stereocenters. The maximum atomic E-state index is 14.6. The molecule has 8 atom stereocenters. The van der Waals surface area contributed by atoms with Crippen LogP contribution in [0.4, 0.5) is 23.0 Å². The summed E-state index contributed by atoms with van der Waals surface area (Å²) >= 11 is 0. The van der Waals surface area contributed by atoms with Crippen molar-refractivity contribution in [1.82, 2.24) is 39.0 Å². The zero-order valence-electron chi connectivity index (χ0n) is 32.6. The molecule has 6 aromatic rings. The molecule has 19 heteroatoms. The van der Waals surface area contributed by atoms with Crippen molar-refractivity contribution in [1.29, 1.82) is 0 Å². The van der Waals surface area contributed by atoms with Crippen molar-refractivity contribution >= 4 is 51.1 Å². The fourth-order valence-corrected chi connectivity index (χ4v) is 9.09. The van der Waals surface area contributed by atoms with Gasteiger partial charge in [0.2, 0.25) is 0 Å². The number of carbonyl (C=O) groups is 1. The number of carbonyl (C=O) groups excluding carboxylic acids is 1. The minimum Gasteiger partial charge on any atom is -0.394 e. The first kappa shape index (κ1) is 38.4. The van der Waals surface area contributed by atoms with E-state index in [4.69, 9.17) is 9.47 Å². The fourth-order valence-electron chi connectivity index (χ4n) is 9.09. The molecular weight excluding hydrogens is 773 g/mol. The molecule has 8 heterocycles. The zero-order chi connectivity index (χ0) is 40.9. The van der Waals surface area contributed by atoms with Gasteiger partial charge in [-0.05, 0) is 37.1 Å². The molecule has 0 radical (unpaired) electrons. The molecular formula is C41H46N12O7. The molecule has 4 aliphatic rings. The van der Waals surface area contributed by atoms with E-state index in [1.54, 1.807) is 21.8 Å². The molecule has 19 nitrogen and oxygen atoms in total. The Hall–Kier alpha value is -5.83. The molecule has 0 bridgehead atoms. The van der Waals surface area contributed by atoms with Crippen LogP contribution >= 0.6 is 0 Å². The Labute approximate surface area is 343 Å². The maximum absolute atomic E-state index is 14.6. The van der Waals surface area contributed by atoms with Crippen molar-refractivity contribution < 1.29 is 34.7 Å². The van der Waals surface area contributed by atoms with Gasteiger partial charge in [0, 0.05) is 73.6 Å².